The van der Waals surface area contributed by atoms with Crippen molar-refractivity contribution in [2.45, 2.75) is 29.4 Å². The Hall–Kier alpha value is -2.27. The van der Waals surface area contributed by atoms with Crippen LogP contribution in [0.4, 0.5) is 0 Å². The van der Waals surface area contributed by atoms with Crippen LogP contribution in [0.2, 0.25) is 5.02 Å². The number of aromatic nitrogens is 2. The van der Waals surface area contributed by atoms with Crippen LogP contribution in [0.1, 0.15) is 41.4 Å². The van der Waals surface area contributed by atoms with Crippen LogP contribution in [0, 0.1) is 0 Å². The summed E-state index contributed by atoms with van der Waals surface area (Å²) in [6.07, 6.45) is 3.27. The first-order chi connectivity index (χ1) is 15.4. The molecule has 11 heteroatoms. The average molecular weight is 493 g/mol. The molecule has 0 unspecified atom stereocenters. The van der Waals surface area contributed by atoms with E-state index in [0.29, 0.717) is 46.9 Å². The fourth-order valence-corrected chi connectivity index (χ4v) is 6.64. The van der Waals surface area contributed by atoms with Crippen molar-refractivity contribution in [3.05, 3.63) is 52.2 Å². The van der Waals surface area contributed by atoms with Crippen molar-refractivity contribution in [1.82, 2.24) is 19.3 Å². The van der Waals surface area contributed by atoms with Crippen LogP contribution in [-0.2, 0) is 10.0 Å². The van der Waals surface area contributed by atoms with Crippen LogP contribution in [0.5, 0.6) is 0 Å². The number of sulfonamides is 1. The number of halogens is 1. The number of carbonyl (C=O) groups is 1. The lowest BCUT2D eigenvalue weighted by Crippen LogP contribution is -2.50. The van der Waals surface area contributed by atoms with Crippen molar-refractivity contribution in [2.24, 2.45) is 0 Å². The highest BCUT2D eigenvalue weighted by atomic mass is 35.5. The van der Waals surface area contributed by atoms with Crippen molar-refractivity contribution >= 4 is 38.9 Å². The molecule has 1 aliphatic heterocycles. The number of benzene rings is 1. The molecule has 1 aliphatic carbocycles. The smallest absolute Gasteiger partial charge is 0.253 e. The third-order valence-corrected chi connectivity index (χ3v) is 9.51. The van der Waals surface area contributed by atoms with E-state index in [1.54, 1.807) is 40.6 Å². The number of piperazine rings is 1. The summed E-state index contributed by atoms with van der Waals surface area (Å²) in [7, 11) is -3.66. The second-order valence-electron chi connectivity index (χ2n) is 7.94. The van der Waals surface area contributed by atoms with E-state index in [4.69, 9.17) is 16.1 Å². The highest BCUT2D eigenvalue weighted by Crippen LogP contribution is 2.37. The first kappa shape index (κ1) is 21.6. The summed E-state index contributed by atoms with van der Waals surface area (Å²) in [5.74, 6) is 1.24. The third kappa shape index (κ3) is 4.07. The summed E-state index contributed by atoms with van der Waals surface area (Å²) in [5.41, 5.74) is 1.18. The molecule has 0 bridgehead atoms. The van der Waals surface area contributed by atoms with Crippen molar-refractivity contribution in [1.29, 1.82) is 0 Å². The topological polar surface area (TPSA) is 96.6 Å². The normalized spacial score (nSPS) is 18.0. The Morgan fingerprint density at radius 1 is 1.12 bits per heavy atom. The molecule has 2 fully saturated rings. The van der Waals surface area contributed by atoms with Gasteiger partial charge in [-0.2, -0.15) is 9.29 Å². The summed E-state index contributed by atoms with van der Waals surface area (Å²) in [6, 6.07) is 8.29. The van der Waals surface area contributed by atoms with Gasteiger partial charge in [0.2, 0.25) is 11.7 Å². The number of rotatable bonds is 5. The van der Waals surface area contributed by atoms with Crippen LogP contribution >= 0.6 is 22.9 Å². The Morgan fingerprint density at radius 3 is 2.50 bits per heavy atom. The maximum absolute atomic E-state index is 13.1. The fourth-order valence-electron chi connectivity index (χ4n) is 3.78. The van der Waals surface area contributed by atoms with Gasteiger partial charge in [-0.1, -0.05) is 23.2 Å². The summed E-state index contributed by atoms with van der Waals surface area (Å²) < 4.78 is 33.3. The maximum Gasteiger partial charge on any atom is 0.253 e. The van der Waals surface area contributed by atoms with Crippen LogP contribution in [0.25, 0.3) is 11.4 Å². The molecule has 3 aromatic rings. The van der Waals surface area contributed by atoms with Gasteiger partial charge in [0.1, 0.15) is 4.21 Å². The van der Waals surface area contributed by atoms with Gasteiger partial charge in [-0.15, -0.1) is 11.3 Å². The standard InChI is InChI=1S/C21H21ClN4O4S2/c22-17-6-4-15(5-7-17)21(27)25-8-10-26(11-9-25)32(28,29)18-12-16(13-31-18)19-23-20(30-24-19)14-2-1-3-14/h4-7,12-14H,1-3,8-11H2. The lowest BCUT2D eigenvalue weighted by atomic mass is 9.85. The van der Waals surface area contributed by atoms with E-state index in [9.17, 15) is 13.2 Å². The third-order valence-electron chi connectivity index (χ3n) is 5.94. The summed E-state index contributed by atoms with van der Waals surface area (Å²) >= 11 is 7.03. The van der Waals surface area contributed by atoms with E-state index >= 15 is 0 Å². The number of carbonyl (C=O) groups excluding carboxylic acids is 1. The molecule has 168 valence electrons. The Balaban J connectivity index is 1.25. The number of hydrogen-bond donors (Lipinski definition) is 0. The van der Waals surface area contributed by atoms with Crippen LogP contribution in [-0.4, -0.2) is 59.8 Å². The van der Waals surface area contributed by atoms with Gasteiger partial charge in [0.05, 0.1) is 0 Å². The summed E-state index contributed by atoms with van der Waals surface area (Å²) in [4.78, 5) is 18.8. The van der Waals surface area contributed by atoms with E-state index in [0.717, 1.165) is 24.2 Å². The molecule has 0 N–H and O–H groups in total. The quantitative estimate of drug-likeness (QED) is 0.536. The molecule has 1 amide bonds. The first-order valence-corrected chi connectivity index (χ1v) is 13.1. The zero-order chi connectivity index (χ0) is 22.3. The van der Waals surface area contributed by atoms with Crippen molar-refractivity contribution in [3.8, 4) is 11.4 Å². The lowest BCUT2D eigenvalue weighted by Gasteiger charge is -2.33. The summed E-state index contributed by atoms with van der Waals surface area (Å²) in [5, 5.41) is 6.32. The van der Waals surface area contributed by atoms with Gasteiger partial charge in [0, 0.05) is 53.6 Å². The molecule has 2 aromatic heterocycles. The second kappa shape index (κ2) is 8.58. The molecule has 1 saturated heterocycles. The predicted molar refractivity (Wildman–Crippen MR) is 120 cm³/mol. The van der Waals surface area contributed by atoms with Crippen molar-refractivity contribution in [3.63, 3.8) is 0 Å². The molecule has 8 nitrogen and oxygen atoms in total. The van der Waals surface area contributed by atoms with E-state index in [-0.39, 0.29) is 23.2 Å². The molecule has 32 heavy (non-hydrogen) atoms. The van der Waals surface area contributed by atoms with Crippen molar-refractivity contribution in [2.75, 3.05) is 26.2 Å². The zero-order valence-corrected chi connectivity index (χ0v) is 19.5. The molecule has 0 atom stereocenters. The van der Waals surface area contributed by atoms with Crippen molar-refractivity contribution < 1.29 is 17.7 Å². The van der Waals surface area contributed by atoms with Gasteiger partial charge in [0.25, 0.3) is 15.9 Å². The molecule has 1 saturated carbocycles. The van der Waals surface area contributed by atoms with E-state index in [2.05, 4.69) is 10.1 Å². The summed E-state index contributed by atoms with van der Waals surface area (Å²) in [6.45, 7) is 1.13. The second-order valence-corrected chi connectivity index (χ2v) is 11.5. The molecular weight excluding hydrogens is 472 g/mol. The number of amides is 1. The molecule has 0 spiro atoms. The monoisotopic (exact) mass is 492 g/mol. The minimum atomic E-state index is -3.66. The molecule has 3 heterocycles. The van der Waals surface area contributed by atoms with Crippen LogP contribution < -0.4 is 0 Å². The zero-order valence-electron chi connectivity index (χ0n) is 17.1. The maximum atomic E-state index is 13.1. The lowest BCUT2D eigenvalue weighted by molar-refractivity contribution is 0.0698. The minimum absolute atomic E-state index is 0.128. The Morgan fingerprint density at radius 2 is 1.84 bits per heavy atom. The largest absolute Gasteiger partial charge is 0.339 e. The fraction of sp³-hybridized carbons (Fsp3) is 0.381. The Bertz CT molecular complexity index is 1230. The Kier molecular flexibility index (Phi) is 5.79. The minimum Gasteiger partial charge on any atom is -0.339 e. The molecular formula is C21H21ClN4O4S2. The molecule has 0 radical (unpaired) electrons. The molecule has 5 rings (SSSR count). The van der Waals surface area contributed by atoms with Gasteiger partial charge in [-0.3, -0.25) is 4.79 Å². The highest BCUT2D eigenvalue weighted by molar-refractivity contribution is 7.91. The number of nitrogens with zero attached hydrogens (tertiary/aromatic N) is 4. The first-order valence-electron chi connectivity index (χ1n) is 10.4. The highest BCUT2D eigenvalue weighted by Gasteiger charge is 2.32. The Labute approximate surface area is 194 Å². The number of hydrogen-bond acceptors (Lipinski definition) is 7. The number of thiophene rings is 1. The van der Waals surface area contributed by atoms with E-state index < -0.39 is 10.0 Å². The molecule has 2 aliphatic rings. The van der Waals surface area contributed by atoms with Crippen LogP contribution in [0.3, 0.4) is 0 Å². The van der Waals surface area contributed by atoms with Crippen LogP contribution in [0.15, 0.2) is 44.4 Å². The van der Waals surface area contributed by atoms with Gasteiger partial charge in [0.15, 0.2) is 0 Å². The van der Waals surface area contributed by atoms with E-state index in [1.165, 1.54) is 10.7 Å². The average Bonchev–Trinajstić information content (AvgIpc) is 3.43. The SMILES string of the molecule is O=C(c1ccc(Cl)cc1)N1CCN(S(=O)(=O)c2cc(-c3noc(C4CCC4)n3)cs2)CC1. The van der Waals surface area contributed by atoms with Gasteiger partial charge in [-0.05, 0) is 43.2 Å². The van der Waals surface area contributed by atoms with Gasteiger partial charge >= 0.3 is 0 Å². The van der Waals surface area contributed by atoms with Gasteiger partial charge < -0.3 is 9.42 Å². The van der Waals surface area contributed by atoms with Gasteiger partial charge in [-0.25, -0.2) is 8.42 Å². The van der Waals surface area contributed by atoms with E-state index in [1.807, 2.05) is 0 Å². The predicted octanol–water partition coefficient (Wildman–Crippen LogP) is 3.87. The molecule has 1 aromatic carbocycles.